The van der Waals surface area contributed by atoms with Gasteiger partial charge in [0.05, 0.1) is 5.92 Å². The predicted molar refractivity (Wildman–Crippen MR) is 57.8 cm³/mol. The van der Waals surface area contributed by atoms with Crippen molar-refractivity contribution in [3.8, 4) is 0 Å². The quantitative estimate of drug-likeness (QED) is 0.708. The van der Waals surface area contributed by atoms with Crippen molar-refractivity contribution in [2.75, 3.05) is 26.7 Å². The average molecular weight is 212 g/mol. The third-order valence-electron chi connectivity index (χ3n) is 3.50. The number of nitrogens with zero attached hydrogens (tertiary/aromatic N) is 1. The standard InChI is InChI=1S/C11H20N2O2/c1-12-10-4-9(11(14)15)6-13(7-10)5-8-2-3-8/h8-10,12H,2-7H2,1H3,(H,14,15). The molecule has 86 valence electrons. The van der Waals surface area contributed by atoms with Gasteiger partial charge in [0.25, 0.3) is 0 Å². The Morgan fingerprint density at radius 1 is 1.47 bits per heavy atom. The zero-order valence-electron chi connectivity index (χ0n) is 9.28. The number of piperidine rings is 1. The van der Waals surface area contributed by atoms with Crippen molar-refractivity contribution in [3.63, 3.8) is 0 Å². The summed E-state index contributed by atoms with van der Waals surface area (Å²) in [7, 11) is 1.92. The van der Waals surface area contributed by atoms with E-state index in [0.29, 0.717) is 6.04 Å². The van der Waals surface area contributed by atoms with Crippen LogP contribution in [-0.2, 0) is 4.79 Å². The highest BCUT2D eigenvalue weighted by atomic mass is 16.4. The van der Waals surface area contributed by atoms with Crippen molar-refractivity contribution in [2.24, 2.45) is 11.8 Å². The van der Waals surface area contributed by atoms with Crippen LogP contribution in [0.3, 0.4) is 0 Å². The third-order valence-corrected chi connectivity index (χ3v) is 3.50. The van der Waals surface area contributed by atoms with Gasteiger partial charge in [-0.3, -0.25) is 4.79 Å². The van der Waals surface area contributed by atoms with E-state index in [2.05, 4.69) is 10.2 Å². The molecule has 0 bridgehead atoms. The van der Waals surface area contributed by atoms with E-state index in [4.69, 9.17) is 5.11 Å². The van der Waals surface area contributed by atoms with Gasteiger partial charge >= 0.3 is 5.97 Å². The maximum absolute atomic E-state index is 11.0. The second kappa shape index (κ2) is 4.49. The highest BCUT2D eigenvalue weighted by Crippen LogP contribution is 2.31. The highest BCUT2D eigenvalue weighted by molar-refractivity contribution is 5.70. The SMILES string of the molecule is CNC1CC(C(=O)O)CN(CC2CC2)C1. The Bertz CT molecular complexity index is 241. The van der Waals surface area contributed by atoms with Gasteiger partial charge in [0.2, 0.25) is 0 Å². The van der Waals surface area contributed by atoms with E-state index in [0.717, 1.165) is 32.0 Å². The molecule has 2 unspecified atom stereocenters. The molecule has 0 aromatic carbocycles. The lowest BCUT2D eigenvalue weighted by Gasteiger charge is -2.36. The molecule has 1 saturated heterocycles. The molecular weight excluding hydrogens is 192 g/mol. The van der Waals surface area contributed by atoms with Gasteiger partial charge in [0.15, 0.2) is 0 Å². The van der Waals surface area contributed by atoms with Crippen molar-refractivity contribution in [1.29, 1.82) is 0 Å². The van der Waals surface area contributed by atoms with Crippen LogP contribution in [0.2, 0.25) is 0 Å². The first-order valence-electron chi connectivity index (χ1n) is 5.81. The minimum Gasteiger partial charge on any atom is -0.481 e. The van der Waals surface area contributed by atoms with E-state index < -0.39 is 5.97 Å². The van der Waals surface area contributed by atoms with Crippen LogP contribution in [0.5, 0.6) is 0 Å². The maximum Gasteiger partial charge on any atom is 0.307 e. The average Bonchev–Trinajstić information content (AvgIpc) is 3.01. The lowest BCUT2D eigenvalue weighted by atomic mass is 9.94. The molecule has 1 saturated carbocycles. The maximum atomic E-state index is 11.0. The molecule has 1 heterocycles. The van der Waals surface area contributed by atoms with Crippen LogP contribution in [0.4, 0.5) is 0 Å². The molecule has 0 aromatic heterocycles. The lowest BCUT2D eigenvalue weighted by Crippen LogP contribution is -2.50. The Balaban J connectivity index is 1.89. The van der Waals surface area contributed by atoms with Gasteiger partial charge in [0.1, 0.15) is 0 Å². The minimum atomic E-state index is -0.643. The normalized spacial score (nSPS) is 32.9. The van der Waals surface area contributed by atoms with Gasteiger partial charge < -0.3 is 15.3 Å². The predicted octanol–water partition coefficient (Wildman–Crippen LogP) is 0.391. The van der Waals surface area contributed by atoms with E-state index in [1.54, 1.807) is 0 Å². The summed E-state index contributed by atoms with van der Waals surface area (Å²) in [4.78, 5) is 13.3. The number of carbonyl (C=O) groups is 1. The summed E-state index contributed by atoms with van der Waals surface area (Å²) in [5, 5.41) is 12.3. The summed E-state index contributed by atoms with van der Waals surface area (Å²) < 4.78 is 0. The number of aliphatic carboxylic acids is 1. The van der Waals surface area contributed by atoms with Crippen molar-refractivity contribution >= 4 is 5.97 Å². The zero-order chi connectivity index (χ0) is 10.8. The van der Waals surface area contributed by atoms with Crippen molar-refractivity contribution in [1.82, 2.24) is 10.2 Å². The van der Waals surface area contributed by atoms with E-state index in [-0.39, 0.29) is 5.92 Å². The molecule has 4 nitrogen and oxygen atoms in total. The second-order valence-corrected chi connectivity index (χ2v) is 4.92. The largest absolute Gasteiger partial charge is 0.481 e. The Labute approximate surface area is 90.6 Å². The van der Waals surface area contributed by atoms with Crippen LogP contribution in [0, 0.1) is 11.8 Å². The number of nitrogens with one attached hydrogen (secondary N) is 1. The number of rotatable bonds is 4. The fourth-order valence-corrected chi connectivity index (χ4v) is 2.39. The first-order valence-corrected chi connectivity index (χ1v) is 5.81. The van der Waals surface area contributed by atoms with Gasteiger partial charge in [-0.25, -0.2) is 0 Å². The van der Waals surface area contributed by atoms with Gasteiger partial charge in [-0.05, 0) is 32.2 Å². The summed E-state index contributed by atoms with van der Waals surface area (Å²) >= 11 is 0. The number of hydrogen-bond donors (Lipinski definition) is 2. The summed E-state index contributed by atoms with van der Waals surface area (Å²) in [6.45, 7) is 2.85. The number of likely N-dealkylation sites (tertiary alicyclic amines) is 1. The molecule has 2 rings (SSSR count). The Morgan fingerprint density at radius 3 is 2.73 bits per heavy atom. The summed E-state index contributed by atoms with van der Waals surface area (Å²) in [5.41, 5.74) is 0. The first kappa shape index (κ1) is 10.9. The molecule has 0 radical (unpaired) electrons. The molecule has 2 atom stereocenters. The smallest absolute Gasteiger partial charge is 0.307 e. The van der Waals surface area contributed by atoms with Crippen molar-refractivity contribution < 1.29 is 9.90 Å². The van der Waals surface area contributed by atoms with Crippen LogP contribution in [0.1, 0.15) is 19.3 Å². The molecule has 4 heteroatoms. The fraction of sp³-hybridized carbons (Fsp3) is 0.909. The molecule has 2 aliphatic rings. The number of hydrogen-bond acceptors (Lipinski definition) is 3. The molecule has 2 N–H and O–H groups in total. The van der Waals surface area contributed by atoms with Crippen LogP contribution >= 0.6 is 0 Å². The zero-order valence-corrected chi connectivity index (χ0v) is 9.28. The molecule has 0 aromatic rings. The highest BCUT2D eigenvalue weighted by Gasteiger charge is 2.33. The second-order valence-electron chi connectivity index (χ2n) is 4.92. The molecule has 15 heavy (non-hydrogen) atoms. The van der Waals surface area contributed by atoms with Crippen LogP contribution in [0.25, 0.3) is 0 Å². The number of likely N-dealkylation sites (N-methyl/N-ethyl adjacent to an activating group) is 1. The Morgan fingerprint density at radius 2 is 2.20 bits per heavy atom. The molecule has 0 amide bonds. The summed E-state index contributed by atoms with van der Waals surface area (Å²) in [6.07, 6.45) is 3.43. The van der Waals surface area contributed by atoms with Gasteiger partial charge in [-0.1, -0.05) is 0 Å². The van der Waals surface area contributed by atoms with E-state index in [9.17, 15) is 4.79 Å². The molecule has 0 spiro atoms. The first-order chi connectivity index (χ1) is 7.19. The van der Waals surface area contributed by atoms with Gasteiger partial charge in [-0.15, -0.1) is 0 Å². The summed E-state index contributed by atoms with van der Waals surface area (Å²) in [6, 6.07) is 0.346. The van der Waals surface area contributed by atoms with E-state index in [1.807, 2.05) is 7.05 Å². The molecular formula is C11H20N2O2. The topological polar surface area (TPSA) is 52.6 Å². The number of carboxylic acid groups (broad SMARTS) is 1. The van der Waals surface area contributed by atoms with Crippen molar-refractivity contribution in [2.45, 2.75) is 25.3 Å². The molecule has 1 aliphatic heterocycles. The van der Waals surface area contributed by atoms with Crippen LogP contribution < -0.4 is 5.32 Å². The van der Waals surface area contributed by atoms with Gasteiger partial charge in [-0.2, -0.15) is 0 Å². The fourth-order valence-electron chi connectivity index (χ4n) is 2.39. The third kappa shape index (κ3) is 2.92. The lowest BCUT2D eigenvalue weighted by molar-refractivity contribution is -0.144. The number of carboxylic acids is 1. The van der Waals surface area contributed by atoms with E-state index in [1.165, 1.54) is 12.8 Å². The van der Waals surface area contributed by atoms with Gasteiger partial charge in [0, 0.05) is 25.7 Å². The molecule has 2 fully saturated rings. The Kier molecular flexibility index (Phi) is 3.26. The van der Waals surface area contributed by atoms with Crippen LogP contribution in [-0.4, -0.2) is 48.7 Å². The monoisotopic (exact) mass is 212 g/mol. The Hall–Kier alpha value is -0.610. The minimum absolute atomic E-state index is 0.185. The molecule has 1 aliphatic carbocycles. The van der Waals surface area contributed by atoms with E-state index >= 15 is 0 Å². The van der Waals surface area contributed by atoms with Crippen molar-refractivity contribution in [3.05, 3.63) is 0 Å². The summed E-state index contributed by atoms with van der Waals surface area (Å²) in [5.74, 6) is 0.0146. The van der Waals surface area contributed by atoms with Crippen LogP contribution in [0.15, 0.2) is 0 Å².